The number of carbonyl (C=O) groups is 1. The molecule has 3 nitrogen and oxygen atoms in total. The molecule has 0 unspecified atom stereocenters. The summed E-state index contributed by atoms with van der Waals surface area (Å²) in [4.78, 5) is 13.8. The average Bonchev–Trinajstić information content (AvgIpc) is 1.84. The predicted octanol–water partition coefficient (Wildman–Crippen LogP) is 0.248. The lowest BCUT2D eigenvalue weighted by atomic mass is 10.4. The van der Waals surface area contributed by atoms with Crippen LogP contribution in [0.2, 0.25) is 0 Å². The molecule has 0 saturated heterocycles. The summed E-state index contributed by atoms with van der Waals surface area (Å²) in [5, 5.41) is 0. The molecular weight excluding hydrogens is 106 g/mol. The van der Waals surface area contributed by atoms with E-state index in [0.717, 1.165) is 0 Å². The monoisotopic (exact) mass is 115 g/mol. The van der Waals surface area contributed by atoms with Gasteiger partial charge < -0.3 is 4.74 Å². The second kappa shape index (κ2) is 3.18. The van der Waals surface area contributed by atoms with Gasteiger partial charge in [0.2, 0.25) is 0 Å². The molecule has 0 aliphatic heterocycles. The van der Waals surface area contributed by atoms with Gasteiger partial charge in [-0.3, -0.25) is 4.99 Å². The van der Waals surface area contributed by atoms with Crippen LogP contribution >= 0.6 is 0 Å². The summed E-state index contributed by atoms with van der Waals surface area (Å²) >= 11 is 0. The molecular formula is C5H9NO2. The molecule has 8 heavy (non-hydrogen) atoms. The first-order valence-electron chi connectivity index (χ1n) is 2.26. The van der Waals surface area contributed by atoms with Gasteiger partial charge in [0.15, 0.2) is 0 Å². The van der Waals surface area contributed by atoms with Gasteiger partial charge in [-0.25, -0.2) is 4.79 Å². The fourth-order valence-electron chi connectivity index (χ4n) is 0.245. The van der Waals surface area contributed by atoms with Crippen molar-refractivity contribution in [2.45, 2.75) is 13.0 Å². The maximum absolute atomic E-state index is 10.4. The van der Waals surface area contributed by atoms with E-state index in [4.69, 9.17) is 0 Å². The van der Waals surface area contributed by atoms with Crippen LogP contribution in [0.3, 0.4) is 0 Å². The van der Waals surface area contributed by atoms with Gasteiger partial charge in [0.1, 0.15) is 6.04 Å². The van der Waals surface area contributed by atoms with Crippen LogP contribution in [0.5, 0.6) is 0 Å². The van der Waals surface area contributed by atoms with E-state index in [1.165, 1.54) is 7.11 Å². The van der Waals surface area contributed by atoms with E-state index < -0.39 is 6.04 Å². The number of rotatable bonds is 2. The Morgan fingerprint density at radius 2 is 2.38 bits per heavy atom. The van der Waals surface area contributed by atoms with Crippen LogP contribution in [-0.4, -0.2) is 25.8 Å². The SMILES string of the molecule is C=N[C@@H](C)C(=O)OC. The number of nitrogens with zero attached hydrogens (tertiary/aromatic N) is 1. The third-order valence-corrected chi connectivity index (χ3v) is 0.816. The third-order valence-electron chi connectivity index (χ3n) is 0.816. The molecule has 0 rings (SSSR count). The van der Waals surface area contributed by atoms with Crippen molar-refractivity contribution in [2.75, 3.05) is 7.11 Å². The summed E-state index contributed by atoms with van der Waals surface area (Å²) in [6.07, 6.45) is 0. The Balaban J connectivity index is 3.62. The maximum Gasteiger partial charge on any atom is 0.330 e. The van der Waals surface area contributed by atoms with Gasteiger partial charge >= 0.3 is 5.97 Å². The zero-order valence-electron chi connectivity index (χ0n) is 5.05. The van der Waals surface area contributed by atoms with Gasteiger partial charge in [0.25, 0.3) is 0 Å². The highest BCUT2D eigenvalue weighted by molar-refractivity contribution is 5.75. The number of aliphatic imine (C=N–C) groups is 1. The summed E-state index contributed by atoms with van der Waals surface area (Å²) in [5.41, 5.74) is 0. The van der Waals surface area contributed by atoms with Gasteiger partial charge in [0.05, 0.1) is 7.11 Å². The number of hydrogen-bond donors (Lipinski definition) is 0. The number of methoxy groups -OCH3 is 1. The largest absolute Gasteiger partial charge is 0.467 e. The number of esters is 1. The molecule has 0 amide bonds. The lowest BCUT2D eigenvalue weighted by Gasteiger charge is -1.99. The molecule has 0 N–H and O–H groups in total. The highest BCUT2D eigenvalue weighted by Crippen LogP contribution is 1.88. The highest BCUT2D eigenvalue weighted by Gasteiger charge is 2.07. The van der Waals surface area contributed by atoms with E-state index in [9.17, 15) is 4.79 Å². The van der Waals surface area contributed by atoms with Crippen molar-refractivity contribution >= 4 is 12.7 Å². The number of carbonyl (C=O) groups excluding carboxylic acids is 1. The van der Waals surface area contributed by atoms with Crippen LogP contribution in [0.15, 0.2) is 4.99 Å². The van der Waals surface area contributed by atoms with Crippen molar-refractivity contribution in [3.63, 3.8) is 0 Å². The molecule has 0 saturated carbocycles. The first-order valence-corrected chi connectivity index (χ1v) is 2.26. The smallest absolute Gasteiger partial charge is 0.330 e. The zero-order valence-corrected chi connectivity index (χ0v) is 5.05. The van der Waals surface area contributed by atoms with E-state index in [-0.39, 0.29) is 5.97 Å². The van der Waals surface area contributed by atoms with Crippen LogP contribution in [-0.2, 0) is 9.53 Å². The van der Waals surface area contributed by atoms with E-state index in [1.54, 1.807) is 6.92 Å². The second-order valence-corrected chi connectivity index (χ2v) is 1.38. The van der Waals surface area contributed by atoms with Crippen molar-refractivity contribution in [3.05, 3.63) is 0 Å². The normalized spacial score (nSPS) is 12.2. The van der Waals surface area contributed by atoms with Crippen molar-refractivity contribution in [1.82, 2.24) is 0 Å². The summed E-state index contributed by atoms with van der Waals surface area (Å²) in [5.74, 6) is -0.347. The fourth-order valence-corrected chi connectivity index (χ4v) is 0.245. The lowest BCUT2D eigenvalue weighted by molar-refractivity contribution is -0.141. The minimum absolute atomic E-state index is 0.347. The van der Waals surface area contributed by atoms with Crippen LogP contribution in [0.1, 0.15) is 6.92 Å². The fraction of sp³-hybridized carbons (Fsp3) is 0.600. The minimum Gasteiger partial charge on any atom is -0.467 e. The molecule has 0 aromatic carbocycles. The molecule has 0 spiro atoms. The number of hydrogen-bond acceptors (Lipinski definition) is 3. The summed E-state index contributed by atoms with van der Waals surface area (Å²) in [6, 6.07) is -0.431. The topological polar surface area (TPSA) is 38.7 Å². The van der Waals surface area contributed by atoms with Crippen molar-refractivity contribution in [2.24, 2.45) is 4.99 Å². The second-order valence-electron chi connectivity index (χ2n) is 1.38. The van der Waals surface area contributed by atoms with E-state index >= 15 is 0 Å². The molecule has 3 heteroatoms. The number of ether oxygens (including phenoxy) is 1. The molecule has 0 aliphatic carbocycles. The quantitative estimate of drug-likeness (QED) is 0.382. The van der Waals surface area contributed by atoms with Crippen molar-refractivity contribution in [3.8, 4) is 0 Å². The van der Waals surface area contributed by atoms with Crippen LogP contribution in [0.4, 0.5) is 0 Å². The molecule has 0 aliphatic rings. The Morgan fingerprint density at radius 1 is 1.88 bits per heavy atom. The van der Waals surface area contributed by atoms with E-state index in [2.05, 4.69) is 16.4 Å². The molecule has 0 fully saturated rings. The van der Waals surface area contributed by atoms with Gasteiger partial charge in [-0.15, -0.1) is 0 Å². The standard InChI is InChI=1S/C5H9NO2/c1-4(6-2)5(7)8-3/h4H,2H2,1,3H3/t4-/m0/s1. The first kappa shape index (κ1) is 7.14. The van der Waals surface area contributed by atoms with Crippen molar-refractivity contribution in [1.29, 1.82) is 0 Å². The molecule has 0 radical (unpaired) electrons. The van der Waals surface area contributed by atoms with E-state index in [0.29, 0.717) is 0 Å². The Labute approximate surface area is 48.4 Å². The molecule has 46 valence electrons. The molecule has 1 atom stereocenters. The molecule has 0 heterocycles. The van der Waals surface area contributed by atoms with Crippen LogP contribution in [0, 0.1) is 0 Å². The van der Waals surface area contributed by atoms with Crippen LogP contribution < -0.4 is 0 Å². The summed E-state index contributed by atoms with van der Waals surface area (Å²) in [6.45, 7) is 4.80. The Hall–Kier alpha value is -0.860. The van der Waals surface area contributed by atoms with Gasteiger partial charge in [-0.1, -0.05) is 0 Å². The average molecular weight is 115 g/mol. The molecule has 0 aromatic heterocycles. The molecule has 0 bridgehead atoms. The van der Waals surface area contributed by atoms with Crippen molar-refractivity contribution < 1.29 is 9.53 Å². The predicted molar refractivity (Wildman–Crippen MR) is 31.0 cm³/mol. The summed E-state index contributed by atoms with van der Waals surface area (Å²) < 4.78 is 4.33. The first-order chi connectivity index (χ1) is 3.72. The zero-order chi connectivity index (χ0) is 6.57. The van der Waals surface area contributed by atoms with Crippen LogP contribution in [0.25, 0.3) is 0 Å². The Bertz CT molecular complexity index is 101. The van der Waals surface area contributed by atoms with Gasteiger partial charge in [-0.2, -0.15) is 0 Å². The van der Waals surface area contributed by atoms with Gasteiger partial charge in [0, 0.05) is 0 Å². The Morgan fingerprint density at radius 3 is 2.50 bits per heavy atom. The molecule has 0 aromatic rings. The highest BCUT2D eigenvalue weighted by atomic mass is 16.5. The maximum atomic E-state index is 10.4. The van der Waals surface area contributed by atoms with Gasteiger partial charge in [-0.05, 0) is 13.6 Å². The summed E-state index contributed by atoms with van der Waals surface area (Å²) in [7, 11) is 1.32. The third kappa shape index (κ3) is 1.73. The Kier molecular flexibility index (Phi) is 2.84. The van der Waals surface area contributed by atoms with E-state index in [1.807, 2.05) is 0 Å². The lowest BCUT2D eigenvalue weighted by Crippen LogP contribution is -2.15. The minimum atomic E-state index is -0.431.